The van der Waals surface area contributed by atoms with Crippen molar-refractivity contribution in [3.63, 3.8) is 0 Å². The van der Waals surface area contributed by atoms with Crippen LogP contribution in [0.5, 0.6) is 5.75 Å². The molecule has 1 amide bonds. The van der Waals surface area contributed by atoms with Crippen LogP contribution in [0.1, 0.15) is 24.8 Å². The van der Waals surface area contributed by atoms with Crippen LogP contribution in [-0.2, 0) is 4.79 Å². The highest BCUT2D eigenvalue weighted by Crippen LogP contribution is 2.25. The van der Waals surface area contributed by atoms with Crippen LogP contribution in [-0.4, -0.2) is 12.3 Å². The minimum Gasteiger partial charge on any atom is -0.406 e. The molecular formula is C17H16F3NO2. The number of ether oxygens (including phenoxy) is 1. The summed E-state index contributed by atoms with van der Waals surface area (Å²) < 4.78 is 40.1. The van der Waals surface area contributed by atoms with Gasteiger partial charge in [-0.05, 0) is 36.2 Å². The second kappa shape index (κ2) is 7.17. The minimum atomic E-state index is -4.73. The highest BCUT2D eigenvalue weighted by molar-refractivity contribution is 5.95. The van der Waals surface area contributed by atoms with E-state index >= 15 is 0 Å². The Morgan fingerprint density at radius 2 is 1.70 bits per heavy atom. The van der Waals surface area contributed by atoms with Gasteiger partial charge in [-0.2, -0.15) is 0 Å². The zero-order chi connectivity index (χ0) is 16.9. The Morgan fingerprint density at radius 1 is 1.09 bits per heavy atom. The monoisotopic (exact) mass is 323 g/mol. The van der Waals surface area contributed by atoms with E-state index in [1.54, 1.807) is 0 Å². The third kappa shape index (κ3) is 5.02. The fourth-order valence-electron chi connectivity index (χ4n) is 2.23. The van der Waals surface area contributed by atoms with Gasteiger partial charge < -0.3 is 10.1 Å². The van der Waals surface area contributed by atoms with Gasteiger partial charge in [0.2, 0.25) is 5.91 Å². The number of rotatable bonds is 5. The lowest BCUT2D eigenvalue weighted by Crippen LogP contribution is -2.20. The molecule has 0 aromatic heterocycles. The van der Waals surface area contributed by atoms with E-state index in [1.165, 1.54) is 12.1 Å². The van der Waals surface area contributed by atoms with Crippen molar-refractivity contribution < 1.29 is 22.7 Å². The van der Waals surface area contributed by atoms with Crippen LogP contribution in [0.4, 0.5) is 18.9 Å². The Labute approximate surface area is 132 Å². The quantitative estimate of drug-likeness (QED) is 0.865. The zero-order valence-corrected chi connectivity index (χ0v) is 12.4. The predicted octanol–water partition coefficient (Wildman–Crippen LogP) is 4.72. The van der Waals surface area contributed by atoms with Gasteiger partial charge in [0.15, 0.2) is 0 Å². The molecule has 0 aliphatic heterocycles. The lowest BCUT2D eigenvalue weighted by molar-refractivity contribution is -0.274. The van der Waals surface area contributed by atoms with Crippen molar-refractivity contribution in [3.05, 3.63) is 60.2 Å². The van der Waals surface area contributed by atoms with Crippen molar-refractivity contribution in [2.45, 2.75) is 25.6 Å². The zero-order valence-electron chi connectivity index (χ0n) is 12.4. The Balaban J connectivity index is 2.05. The molecule has 0 saturated carbocycles. The summed E-state index contributed by atoms with van der Waals surface area (Å²) in [6.45, 7) is 1.90. The summed E-state index contributed by atoms with van der Waals surface area (Å²) >= 11 is 0. The van der Waals surface area contributed by atoms with E-state index in [0.717, 1.165) is 17.7 Å². The fourth-order valence-corrected chi connectivity index (χ4v) is 2.23. The molecule has 0 fully saturated rings. The Bertz CT molecular complexity index is 639. The lowest BCUT2D eigenvalue weighted by Gasteiger charge is -2.16. The normalized spacial score (nSPS) is 12.5. The molecule has 1 atom stereocenters. The first-order chi connectivity index (χ1) is 10.9. The largest absolute Gasteiger partial charge is 0.573 e. The summed E-state index contributed by atoms with van der Waals surface area (Å²) in [4.78, 5) is 12.3. The SMILES string of the molecule is CCC(C(=O)Nc1ccc(OC(F)(F)F)cc1)c1ccccc1. The van der Waals surface area contributed by atoms with E-state index in [9.17, 15) is 18.0 Å². The van der Waals surface area contributed by atoms with Gasteiger partial charge in [0.05, 0.1) is 5.92 Å². The number of hydrogen-bond acceptors (Lipinski definition) is 2. The van der Waals surface area contributed by atoms with Crippen molar-refractivity contribution in [2.24, 2.45) is 0 Å². The van der Waals surface area contributed by atoms with Crippen molar-refractivity contribution in [1.82, 2.24) is 0 Å². The van der Waals surface area contributed by atoms with E-state index < -0.39 is 6.36 Å². The number of amides is 1. The summed E-state index contributed by atoms with van der Waals surface area (Å²) in [5.41, 5.74) is 1.31. The number of alkyl halides is 3. The van der Waals surface area contributed by atoms with Gasteiger partial charge in [0.1, 0.15) is 5.75 Å². The van der Waals surface area contributed by atoms with Gasteiger partial charge in [0, 0.05) is 5.69 Å². The smallest absolute Gasteiger partial charge is 0.406 e. The van der Waals surface area contributed by atoms with Crippen LogP contribution in [0.2, 0.25) is 0 Å². The molecule has 0 radical (unpaired) electrons. The van der Waals surface area contributed by atoms with Crippen molar-refractivity contribution >= 4 is 11.6 Å². The van der Waals surface area contributed by atoms with Crippen LogP contribution in [0.15, 0.2) is 54.6 Å². The number of anilines is 1. The topological polar surface area (TPSA) is 38.3 Å². The van der Waals surface area contributed by atoms with Crippen LogP contribution < -0.4 is 10.1 Å². The maximum absolute atomic E-state index is 12.3. The first-order valence-electron chi connectivity index (χ1n) is 7.10. The highest BCUT2D eigenvalue weighted by atomic mass is 19.4. The Hall–Kier alpha value is -2.50. The first-order valence-corrected chi connectivity index (χ1v) is 7.10. The molecule has 2 aromatic carbocycles. The molecule has 122 valence electrons. The molecule has 0 aliphatic carbocycles. The van der Waals surface area contributed by atoms with Crippen LogP contribution in [0, 0.1) is 0 Å². The van der Waals surface area contributed by atoms with Gasteiger partial charge >= 0.3 is 6.36 Å². The molecule has 6 heteroatoms. The maximum Gasteiger partial charge on any atom is 0.573 e. The van der Waals surface area contributed by atoms with Crippen molar-refractivity contribution in [2.75, 3.05) is 5.32 Å². The van der Waals surface area contributed by atoms with E-state index in [0.29, 0.717) is 12.1 Å². The molecule has 1 N–H and O–H groups in total. The van der Waals surface area contributed by atoms with Gasteiger partial charge in [-0.25, -0.2) is 0 Å². The third-order valence-corrected chi connectivity index (χ3v) is 3.28. The number of carbonyl (C=O) groups is 1. The van der Waals surface area contributed by atoms with E-state index in [1.807, 2.05) is 37.3 Å². The maximum atomic E-state index is 12.3. The molecule has 23 heavy (non-hydrogen) atoms. The number of carbonyl (C=O) groups excluding carboxylic acids is 1. The molecule has 2 rings (SSSR count). The van der Waals surface area contributed by atoms with E-state index in [4.69, 9.17) is 0 Å². The van der Waals surface area contributed by atoms with Crippen LogP contribution in [0.3, 0.4) is 0 Å². The molecule has 0 spiro atoms. The fraction of sp³-hybridized carbons (Fsp3) is 0.235. The molecule has 0 aliphatic rings. The number of halogens is 3. The summed E-state index contributed by atoms with van der Waals surface area (Å²) in [6, 6.07) is 14.4. The summed E-state index contributed by atoms with van der Waals surface area (Å²) in [7, 11) is 0. The number of nitrogens with one attached hydrogen (secondary N) is 1. The molecule has 0 heterocycles. The van der Waals surface area contributed by atoms with Crippen LogP contribution >= 0.6 is 0 Å². The third-order valence-electron chi connectivity index (χ3n) is 3.28. The van der Waals surface area contributed by atoms with Crippen molar-refractivity contribution in [1.29, 1.82) is 0 Å². The second-order valence-corrected chi connectivity index (χ2v) is 4.93. The summed E-state index contributed by atoms with van der Waals surface area (Å²) in [5.74, 6) is -0.851. The molecule has 3 nitrogen and oxygen atoms in total. The average Bonchev–Trinajstić information content (AvgIpc) is 2.50. The average molecular weight is 323 g/mol. The standard InChI is InChI=1S/C17H16F3NO2/c1-2-15(12-6-4-3-5-7-12)16(22)21-13-8-10-14(11-9-13)23-17(18,19)20/h3-11,15H,2H2,1H3,(H,21,22). The first kappa shape index (κ1) is 16.9. The van der Waals surface area contributed by atoms with Gasteiger partial charge in [-0.15, -0.1) is 13.2 Å². The molecule has 0 saturated heterocycles. The van der Waals surface area contributed by atoms with Gasteiger partial charge in [-0.3, -0.25) is 4.79 Å². The second-order valence-electron chi connectivity index (χ2n) is 4.93. The molecule has 2 aromatic rings. The summed E-state index contributed by atoms with van der Waals surface area (Å²) in [5, 5.41) is 2.71. The number of hydrogen-bond donors (Lipinski definition) is 1. The molecular weight excluding hydrogens is 307 g/mol. The molecule has 1 unspecified atom stereocenters. The van der Waals surface area contributed by atoms with Gasteiger partial charge in [-0.1, -0.05) is 37.3 Å². The summed E-state index contributed by atoms with van der Waals surface area (Å²) in [6.07, 6.45) is -4.11. The van der Waals surface area contributed by atoms with E-state index in [2.05, 4.69) is 10.1 Å². The predicted molar refractivity (Wildman–Crippen MR) is 81.2 cm³/mol. The Morgan fingerprint density at radius 3 is 2.22 bits per heavy atom. The van der Waals surface area contributed by atoms with Crippen molar-refractivity contribution in [3.8, 4) is 5.75 Å². The lowest BCUT2D eigenvalue weighted by atomic mass is 9.95. The van der Waals surface area contributed by atoms with Gasteiger partial charge in [0.25, 0.3) is 0 Å². The van der Waals surface area contributed by atoms with Crippen LogP contribution in [0.25, 0.3) is 0 Å². The van der Waals surface area contributed by atoms with E-state index in [-0.39, 0.29) is 17.6 Å². The highest BCUT2D eigenvalue weighted by Gasteiger charge is 2.31. The number of benzene rings is 2. The minimum absolute atomic E-state index is 0.205. The molecule has 0 bridgehead atoms. The Kier molecular flexibility index (Phi) is 5.26.